The van der Waals surface area contributed by atoms with Crippen molar-refractivity contribution in [3.8, 4) is 6.07 Å². The number of aromatic nitrogens is 2. The Bertz CT molecular complexity index is 733. The first-order chi connectivity index (χ1) is 10.3. The van der Waals surface area contributed by atoms with Gasteiger partial charge in [0.05, 0.1) is 22.6 Å². The Hall–Kier alpha value is -2.27. The third kappa shape index (κ3) is 3.49. The summed E-state index contributed by atoms with van der Waals surface area (Å²) in [6, 6.07) is 5.58. The van der Waals surface area contributed by atoms with Crippen LogP contribution in [0.2, 0.25) is 0 Å². The Labute approximate surface area is 128 Å². The molecule has 0 spiro atoms. The highest BCUT2D eigenvalue weighted by Crippen LogP contribution is 2.35. The van der Waals surface area contributed by atoms with E-state index in [4.69, 9.17) is 5.26 Å². The number of nitrogens with one attached hydrogen (secondary N) is 1. The van der Waals surface area contributed by atoms with E-state index in [-0.39, 0.29) is 22.3 Å². The number of pyridine rings is 1. The van der Waals surface area contributed by atoms with Crippen molar-refractivity contribution in [1.29, 1.82) is 5.26 Å². The lowest BCUT2D eigenvalue weighted by atomic mass is 10.1. The zero-order valence-electron chi connectivity index (χ0n) is 11.4. The van der Waals surface area contributed by atoms with E-state index in [1.54, 1.807) is 18.3 Å². The average molecular weight is 325 g/mol. The molecule has 22 heavy (non-hydrogen) atoms. The molecule has 0 aliphatic rings. The lowest BCUT2D eigenvalue weighted by Crippen LogP contribution is -2.11. The van der Waals surface area contributed by atoms with E-state index in [1.165, 1.54) is 13.0 Å². The van der Waals surface area contributed by atoms with Gasteiger partial charge in [-0.2, -0.15) is 18.4 Å². The molecule has 0 saturated carbocycles. The van der Waals surface area contributed by atoms with Crippen molar-refractivity contribution in [2.24, 2.45) is 0 Å². The molecule has 0 atom stereocenters. The minimum absolute atomic E-state index is 0.0882. The summed E-state index contributed by atoms with van der Waals surface area (Å²) in [5, 5.41) is 8.92. The number of carbonyl (C=O) groups is 1. The number of aromatic amines is 1. The van der Waals surface area contributed by atoms with E-state index in [0.717, 1.165) is 17.8 Å². The third-order valence-corrected chi connectivity index (χ3v) is 3.75. The molecular formula is C14H10F3N3OS. The van der Waals surface area contributed by atoms with Crippen molar-refractivity contribution in [2.45, 2.75) is 18.1 Å². The summed E-state index contributed by atoms with van der Waals surface area (Å²) in [5.41, 5.74) is -1.09. The number of thioether (sulfide) groups is 1. The van der Waals surface area contributed by atoms with Gasteiger partial charge in [-0.3, -0.25) is 4.79 Å². The number of Topliss-reactive ketones (excluding diaryl/α,β-unsaturated/α-hetero) is 1. The fourth-order valence-corrected chi connectivity index (χ4v) is 2.73. The largest absolute Gasteiger partial charge is 0.417 e. The van der Waals surface area contributed by atoms with Gasteiger partial charge in [0.15, 0.2) is 5.78 Å². The smallest absolute Gasteiger partial charge is 0.359 e. The molecule has 4 nitrogen and oxygen atoms in total. The molecule has 0 aliphatic heterocycles. The maximum atomic E-state index is 13.0. The lowest BCUT2D eigenvalue weighted by Gasteiger charge is -2.12. The number of H-pyrrole nitrogens is 1. The normalized spacial score (nSPS) is 11.2. The van der Waals surface area contributed by atoms with E-state index in [1.807, 2.05) is 0 Å². The van der Waals surface area contributed by atoms with Crippen LogP contribution in [0.3, 0.4) is 0 Å². The van der Waals surface area contributed by atoms with E-state index >= 15 is 0 Å². The van der Waals surface area contributed by atoms with Crippen molar-refractivity contribution in [3.63, 3.8) is 0 Å². The van der Waals surface area contributed by atoms with Gasteiger partial charge < -0.3 is 4.98 Å². The second kappa shape index (κ2) is 6.23. The van der Waals surface area contributed by atoms with Crippen molar-refractivity contribution in [3.05, 3.63) is 46.9 Å². The molecule has 0 bridgehead atoms. The zero-order valence-corrected chi connectivity index (χ0v) is 12.2. The highest BCUT2D eigenvalue weighted by atomic mass is 32.2. The van der Waals surface area contributed by atoms with Crippen LogP contribution < -0.4 is 0 Å². The Morgan fingerprint density at radius 2 is 2.23 bits per heavy atom. The van der Waals surface area contributed by atoms with Gasteiger partial charge in [-0.25, -0.2) is 4.98 Å². The molecule has 2 aromatic heterocycles. The van der Waals surface area contributed by atoms with Crippen molar-refractivity contribution in [2.75, 3.05) is 5.75 Å². The van der Waals surface area contributed by atoms with Crippen LogP contribution in [-0.2, 0) is 6.18 Å². The maximum absolute atomic E-state index is 13.0. The molecule has 2 rings (SSSR count). The number of hydrogen-bond acceptors (Lipinski definition) is 4. The van der Waals surface area contributed by atoms with Crippen molar-refractivity contribution in [1.82, 2.24) is 9.97 Å². The number of hydrogen-bond donors (Lipinski definition) is 1. The molecule has 2 heterocycles. The molecule has 2 aromatic rings. The Kier molecular flexibility index (Phi) is 4.56. The van der Waals surface area contributed by atoms with Crippen LogP contribution in [0.15, 0.2) is 29.4 Å². The van der Waals surface area contributed by atoms with Crippen molar-refractivity contribution >= 4 is 17.5 Å². The summed E-state index contributed by atoms with van der Waals surface area (Å²) in [6.45, 7) is 1.41. The summed E-state index contributed by atoms with van der Waals surface area (Å²) in [5.74, 6) is -0.390. The van der Waals surface area contributed by atoms with Gasteiger partial charge in [0.1, 0.15) is 11.1 Å². The van der Waals surface area contributed by atoms with E-state index < -0.39 is 17.3 Å². The van der Waals surface area contributed by atoms with E-state index in [0.29, 0.717) is 5.69 Å². The Morgan fingerprint density at radius 3 is 2.77 bits per heavy atom. The third-order valence-electron chi connectivity index (χ3n) is 2.77. The Morgan fingerprint density at radius 1 is 1.50 bits per heavy atom. The molecule has 0 radical (unpaired) electrons. The average Bonchev–Trinajstić information content (AvgIpc) is 2.97. The van der Waals surface area contributed by atoms with E-state index in [9.17, 15) is 18.0 Å². The standard InChI is InChI=1S/C14H10F3N3OS/c1-8-5-10(14(15,16)17)9(6-18)13(20-8)22-7-12(21)11-3-2-4-19-11/h2-5,19H,7H2,1H3. The van der Waals surface area contributed by atoms with Gasteiger partial charge in [-0.05, 0) is 25.1 Å². The first-order valence-corrected chi connectivity index (χ1v) is 7.10. The molecule has 0 amide bonds. The molecule has 8 heteroatoms. The highest BCUT2D eigenvalue weighted by molar-refractivity contribution is 8.00. The van der Waals surface area contributed by atoms with Crippen LogP contribution in [-0.4, -0.2) is 21.5 Å². The topological polar surface area (TPSA) is 69.5 Å². The number of rotatable bonds is 4. The summed E-state index contributed by atoms with van der Waals surface area (Å²) in [7, 11) is 0. The Balaban J connectivity index is 2.30. The summed E-state index contributed by atoms with van der Waals surface area (Å²) < 4.78 is 38.9. The van der Waals surface area contributed by atoms with Gasteiger partial charge in [-0.1, -0.05) is 11.8 Å². The van der Waals surface area contributed by atoms with Gasteiger partial charge in [-0.15, -0.1) is 0 Å². The maximum Gasteiger partial charge on any atom is 0.417 e. The monoisotopic (exact) mass is 325 g/mol. The summed E-state index contributed by atoms with van der Waals surface area (Å²) in [4.78, 5) is 18.5. The first kappa shape index (κ1) is 16.1. The number of nitriles is 1. The van der Waals surface area contributed by atoms with Crippen LogP contribution in [0.1, 0.15) is 27.3 Å². The van der Waals surface area contributed by atoms with E-state index in [2.05, 4.69) is 9.97 Å². The first-order valence-electron chi connectivity index (χ1n) is 6.11. The minimum atomic E-state index is -4.64. The number of carbonyl (C=O) groups excluding carboxylic acids is 1. The molecule has 0 aliphatic carbocycles. The lowest BCUT2D eigenvalue weighted by molar-refractivity contribution is -0.138. The van der Waals surface area contributed by atoms with Crippen LogP contribution in [0.5, 0.6) is 0 Å². The van der Waals surface area contributed by atoms with Crippen molar-refractivity contribution < 1.29 is 18.0 Å². The number of alkyl halides is 3. The molecule has 0 unspecified atom stereocenters. The number of halogens is 3. The molecule has 0 saturated heterocycles. The van der Waals surface area contributed by atoms with Gasteiger partial charge in [0.2, 0.25) is 0 Å². The SMILES string of the molecule is Cc1cc(C(F)(F)F)c(C#N)c(SCC(=O)c2ccc[nH]2)n1. The van der Waals surface area contributed by atoms with Gasteiger partial charge >= 0.3 is 6.18 Å². The zero-order chi connectivity index (χ0) is 16.3. The van der Waals surface area contributed by atoms with Crippen LogP contribution >= 0.6 is 11.8 Å². The molecule has 114 valence electrons. The second-order valence-corrected chi connectivity index (χ2v) is 5.36. The van der Waals surface area contributed by atoms with Gasteiger partial charge in [0.25, 0.3) is 0 Å². The highest BCUT2D eigenvalue weighted by Gasteiger charge is 2.35. The fraction of sp³-hybridized carbons (Fsp3) is 0.214. The summed E-state index contributed by atoms with van der Waals surface area (Å²) >= 11 is 0.819. The fourth-order valence-electron chi connectivity index (χ4n) is 1.80. The molecule has 0 aromatic carbocycles. The molecule has 1 N–H and O–H groups in total. The second-order valence-electron chi connectivity index (χ2n) is 4.40. The number of aryl methyl sites for hydroxylation is 1. The number of ketones is 1. The molecular weight excluding hydrogens is 315 g/mol. The van der Waals surface area contributed by atoms with Crippen LogP contribution in [0.4, 0.5) is 13.2 Å². The number of nitrogens with zero attached hydrogens (tertiary/aromatic N) is 2. The quantitative estimate of drug-likeness (QED) is 0.689. The predicted octanol–water partition coefficient (Wildman–Crippen LogP) is 3.58. The molecule has 0 fully saturated rings. The van der Waals surface area contributed by atoms with Crippen LogP contribution in [0.25, 0.3) is 0 Å². The van der Waals surface area contributed by atoms with Crippen LogP contribution in [0, 0.1) is 18.3 Å². The predicted molar refractivity (Wildman–Crippen MR) is 74.5 cm³/mol. The van der Waals surface area contributed by atoms with Gasteiger partial charge in [0, 0.05) is 11.9 Å². The summed E-state index contributed by atoms with van der Waals surface area (Å²) in [6.07, 6.45) is -3.07. The minimum Gasteiger partial charge on any atom is -0.359 e.